The maximum Gasteiger partial charge on any atom is 0.490 e. The van der Waals surface area contributed by atoms with Crippen molar-refractivity contribution >= 4 is 40.2 Å². The van der Waals surface area contributed by atoms with Crippen molar-refractivity contribution in [1.82, 2.24) is 4.98 Å². The molecule has 0 amide bonds. The molecule has 10 nitrogen and oxygen atoms in total. The van der Waals surface area contributed by atoms with Gasteiger partial charge in [-0.15, -0.1) is 0 Å². The number of alkyl halides is 3. The fourth-order valence-corrected chi connectivity index (χ4v) is 3.88. The summed E-state index contributed by atoms with van der Waals surface area (Å²) in [5.74, 6) is -2.96. The van der Waals surface area contributed by atoms with Crippen LogP contribution in [0.4, 0.5) is 18.3 Å². The lowest BCUT2D eigenvalue weighted by Gasteiger charge is -2.30. The van der Waals surface area contributed by atoms with Crippen LogP contribution in [-0.2, 0) is 20.7 Å². The van der Waals surface area contributed by atoms with Crippen molar-refractivity contribution in [2.45, 2.75) is 25.4 Å². The van der Waals surface area contributed by atoms with Crippen molar-refractivity contribution in [2.75, 3.05) is 25.1 Å². The van der Waals surface area contributed by atoms with Gasteiger partial charge in [-0.3, -0.25) is 10.2 Å². The lowest BCUT2D eigenvalue weighted by atomic mass is 9.97. The predicted octanol–water partition coefficient (Wildman–Crippen LogP) is 2.86. The highest BCUT2D eigenvalue weighted by atomic mass is 32.1. The fourth-order valence-electron chi connectivity index (χ4n) is 3.03. The van der Waals surface area contributed by atoms with Gasteiger partial charge in [-0.1, -0.05) is 23.5 Å². The average Bonchev–Trinajstić information content (AvgIpc) is 3.30. The molecule has 1 aromatic carbocycles. The van der Waals surface area contributed by atoms with Gasteiger partial charge in [0.1, 0.15) is 10.6 Å². The molecule has 0 atom stereocenters. The summed E-state index contributed by atoms with van der Waals surface area (Å²) in [5.41, 5.74) is 6.26. The summed E-state index contributed by atoms with van der Waals surface area (Å²) in [6.07, 6.45) is -1.80. The van der Waals surface area contributed by atoms with Gasteiger partial charge < -0.3 is 25.2 Å². The molecule has 1 saturated heterocycles. The second-order valence-electron chi connectivity index (χ2n) is 7.33. The van der Waals surface area contributed by atoms with Gasteiger partial charge in [-0.25, -0.2) is 14.6 Å². The molecule has 0 radical (unpaired) electrons. The average molecular weight is 516 g/mol. The highest BCUT2D eigenvalue weighted by molar-refractivity contribution is 7.17. The minimum Gasteiger partial charge on any atom is -0.475 e. The van der Waals surface area contributed by atoms with Crippen molar-refractivity contribution < 1.29 is 42.1 Å². The minimum absolute atomic E-state index is 0.0726. The molecule has 2 heterocycles. The largest absolute Gasteiger partial charge is 0.490 e. The Morgan fingerprint density at radius 2 is 1.80 bits per heavy atom. The van der Waals surface area contributed by atoms with Gasteiger partial charge in [0.15, 0.2) is 5.13 Å². The number of anilines is 1. The third-order valence-electron chi connectivity index (χ3n) is 4.77. The van der Waals surface area contributed by atoms with Gasteiger partial charge in [0.25, 0.3) is 0 Å². The number of rotatable bonds is 6. The van der Waals surface area contributed by atoms with Crippen LogP contribution in [0.1, 0.15) is 28.1 Å². The van der Waals surface area contributed by atoms with Gasteiger partial charge in [0.2, 0.25) is 0 Å². The summed E-state index contributed by atoms with van der Waals surface area (Å²) in [6, 6.07) is 6.90. The molecular weight excluding hydrogens is 493 g/mol. The molecule has 1 aliphatic rings. The van der Waals surface area contributed by atoms with Gasteiger partial charge in [0, 0.05) is 19.5 Å². The van der Waals surface area contributed by atoms with Crippen molar-refractivity contribution in [3.63, 3.8) is 0 Å². The summed E-state index contributed by atoms with van der Waals surface area (Å²) in [4.78, 5) is 39.7. The third kappa shape index (κ3) is 8.55. The van der Waals surface area contributed by atoms with E-state index in [4.69, 9.17) is 30.5 Å². The van der Waals surface area contributed by atoms with Crippen LogP contribution in [0.5, 0.6) is 5.75 Å². The lowest BCUT2D eigenvalue weighted by Crippen LogP contribution is -2.36. The molecule has 0 saturated carbocycles. The van der Waals surface area contributed by atoms with Crippen LogP contribution >= 0.6 is 11.3 Å². The van der Waals surface area contributed by atoms with Crippen LogP contribution in [0, 0.1) is 11.3 Å². The van der Waals surface area contributed by atoms with Crippen molar-refractivity contribution in [1.29, 1.82) is 5.41 Å². The number of nitrogens with zero attached hydrogens (tertiary/aromatic N) is 2. The quantitative estimate of drug-likeness (QED) is 0.227. The van der Waals surface area contributed by atoms with Gasteiger partial charge in [0.05, 0.1) is 25.1 Å². The summed E-state index contributed by atoms with van der Waals surface area (Å²) in [6.45, 7) is 1.39. The Morgan fingerprint density at radius 1 is 1.23 bits per heavy atom. The number of halogens is 3. The number of piperidine rings is 1. The summed E-state index contributed by atoms with van der Waals surface area (Å²) in [7, 11) is 1.41. The number of thiazole rings is 1. The summed E-state index contributed by atoms with van der Waals surface area (Å²) in [5, 5.41) is 15.2. The number of hydrogen-bond donors (Lipinski definition) is 3. The highest BCUT2D eigenvalue weighted by Crippen LogP contribution is 2.28. The number of methoxy groups -OCH3 is 1. The van der Waals surface area contributed by atoms with E-state index in [1.54, 1.807) is 24.3 Å². The van der Waals surface area contributed by atoms with Gasteiger partial charge >= 0.3 is 24.1 Å². The number of benzene rings is 1. The first kappa shape index (κ1) is 27.6. The van der Waals surface area contributed by atoms with E-state index in [1.165, 1.54) is 24.6 Å². The molecule has 1 aromatic heterocycles. The topological polar surface area (TPSA) is 156 Å². The lowest BCUT2D eigenvalue weighted by molar-refractivity contribution is -0.192. The zero-order valence-corrected chi connectivity index (χ0v) is 19.3. The maximum absolute atomic E-state index is 12.4. The molecule has 0 spiro atoms. The number of nitrogens with two attached hydrogens (primary N) is 1. The van der Waals surface area contributed by atoms with Crippen LogP contribution in [0.2, 0.25) is 0 Å². The minimum atomic E-state index is -5.08. The molecule has 0 aliphatic carbocycles. The Bertz CT molecular complexity index is 1050. The first-order valence-electron chi connectivity index (χ1n) is 10.1. The zero-order valence-electron chi connectivity index (χ0n) is 18.5. The Hall–Kier alpha value is -3.68. The number of esters is 2. The molecule has 0 unspecified atom stereocenters. The van der Waals surface area contributed by atoms with Gasteiger partial charge in [-0.2, -0.15) is 13.2 Å². The van der Waals surface area contributed by atoms with E-state index >= 15 is 0 Å². The third-order valence-corrected chi connectivity index (χ3v) is 5.80. The number of nitrogens with one attached hydrogen (secondary N) is 1. The smallest absolute Gasteiger partial charge is 0.475 e. The molecule has 0 bridgehead atoms. The molecule has 1 fully saturated rings. The molecule has 4 N–H and O–H groups in total. The number of aliphatic carboxylic acids is 1. The number of carboxylic acid groups (broad SMARTS) is 1. The first-order chi connectivity index (χ1) is 16.4. The second-order valence-corrected chi connectivity index (χ2v) is 8.34. The molecule has 1 aliphatic heterocycles. The molecule has 14 heteroatoms. The number of aromatic nitrogens is 1. The van der Waals surface area contributed by atoms with E-state index < -0.39 is 18.1 Å². The van der Waals surface area contributed by atoms with Crippen LogP contribution in [0.15, 0.2) is 30.5 Å². The summed E-state index contributed by atoms with van der Waals surface area (Å²) < 4.78 is 41.9. The summed E-state index contributed by atoms with van der Waals surface area (Å²) >= 11 is 1.27. The first-order valence-corrected chi connectivity index (χ1v) is 10.9. The van der Waals surface area contributed by atoms with E-state index in [0.717, 1.165) is 10.7 Å². The van der Waals surface area contributed by atoms with E-state index in [-0.39, 0.29) is 17.7 Å². The maximum atomic E-state index is 12.4. The number of carbonyl (C=O) groups is 3. The van der Waals surface area contributed by atoms with Crippen LogP contribution in [0.3, 0.4) is 0 Å². The zero-order chi connectivity index (χ0) is 26.2. The molecule has 2 aromatic rings. The SMILES string of the molecule is COC(=O)C1CCN(c2ncc(C(=O)Oc3ccc(CC(=N)N)cc3)s2)CC1.O=C(O)C(F)(F)F. The van der Waals surface area contributed by atoms with Gasteiger partial charge in [-0.05, 0) is 30.5 Å². The Balaban J connectivity index is 0.000000540. The van der Waals surface area contributed by atoms with Crippen molar-refractivity contribution in [3.8, 4) is 5.75 Å². The number of hydrogen-bond acceptors (Lipinski definition) is 9. The van der Waals surface area contributed by atoms with E-state index in [1.807, 2.05) is 0 Å². The highest BCUT2D eigenvalue weighted by Gasteiger charge is 2.38. The number of carbonyl (C=O) groups excluding carboxylic acids is 2. The van der Waals surface area contributed by atoms with E-state index in [9.17, 15) is 22.8 Å². The fraction of sp³-hybridized carbons (Fsp3) is 0.381. The Morgan fingerprint density at radius 3 is 2.29 bits per heavy atom. The molecule has 190 valence electrons. The van der Waals surface area contributed by atoms with E-state index in [2.05, 4.69) is 9.88 Å². The number of ether oxygens (including phenoxy) is 2. The monoisotopic (exact) mass is 516 g/mol. The molecule has 3 rings (SSSR count). The second kappa shape index (κ2) is 12.1. The van der Waals surface area contributed by atoms with Crippen molar-refractivity contribution in [3.05, 3.63) is 40.9 Å². The Kier molecular flexibility index (Phi) is 9.57. The van der Waals surface area contributed by atoms with Crippen LogP contribution < -0.4 is 15.4 Å². The van der Waals surface area contributed by atoms with Crippen molar-refractivity contribution in [2.24, 2.45) is 11.7 Å². The normalized spacial score (nSPS) is 13.9. The number of amidine groups is 1. The molecular formula is C21H23F3N4O6S. The Labute approximate surface area is 202 Å². The van der Waals surface area contributed by atoms with E-state index in [0.29, 0.717) is 43.0 Å². The molecule has 35 heavy (non-hydrogen) atoms. The number of carboxylic acids is 1. The predicted molar refractivity (Wildman–Crippen MR) is 120 cm³/mol. The standard InChI is InChI=1S/C19H22N4O4S.C2HF3O2/c1-26-17(24)13-6-8-23(9-7-13)19-22-11-15(28-19)18(25)27-14-4-2-12(3-5-14)10-16(20)21;3-2(4,5)1(6)7/h2-5,11,13H,6-10H2,1H3,(H3,20,21);(H,6,7). The van der Waals surface area contributed by atoms with Crippen LogP contribution in [0.25, 0.3) is 0 Å². The van der Waals surface area contributed by atoms with Crippen LogP contribution in [-0.4, -0.2) is 60.2 Å².